The van der Waals surface area contributed by atoms with Crippen molar-refractivity contribution in [2.45, 2.75) is 25.9 Å². The summed E-state index contributed by atoms with van der Waals surface area (Å²) in [6.07, 6.45) is -4.55. The molecule has 0 spiro atoms. The fourth-order valence-corrected chi connectivity index (χ4v) is 3.62. The second-order valence-electron chi connectivity index (χ2n) is 7.25. The van der Waals surface area contributed by atoms with Crippen LogP contribution in [0.4, 0.5) is 23.2 Å². The van der Waals surface area contributed by atoms with Crippen molar-refractivity contribution < 1.29 is 22.7 Å². The molecule has 0 fully saturated rings. The molecule has 0 radical (unpaired) electrons. The second-order valence-corrected chi connectivity index (χ2v) is 7.63. The van der Waals surface area contributed by atoms with Crippen LogP contribution in [0.3, 0.4) is 0 Å². The van der Waals surface area contributed by atoms with E-state index in [1.165, 1.54) is 25.3 Å². The maximum Gasteiger partial charge on any atom is 0.436 e. The van der Waals surface area contributed by atoms with Crippen molar-refractivity contribution in [2.75, 3.05) is 5.32 Å². The van der Waals surface area contributed by atoms with Crippen molar-refractivity contribution >= 4 is 17.3 Å². The summed E-state index contributed by atoms with van der Waals surface area (Å²) < 4.78 is 55.2. The quantitative estimate of drug-likeness (QED) is 0.291. The predicted octanol–water partition coefficient (Wildman–Crippen LogP) is 5.29. The number of hydrogen-bond acceptors (Lipinski definition) is 4. The van der Waals surface area contributed by atoms with Crippen LogP contribution in [-0.4, -0.2) is 30.9 Å². The lowest BCUT2D eigenvalue weighted by atomic mass is 10.1. The van der Waals surface area contributed by atoms with Crippen LogP contribution in [0.5, 0.6) is 0 Å². The van der Waals surface area contributed by atoms with Crippen LogP contribution in [-0.2, 0) is 12.7 Å². The van der Waals surface area contributed by atoms with E-state index in [2.05, 4.69) is 15.5 Å². The molecule has 2 aromatic carbocycles. The highest BCUT2D eigenvalue weighted by Crippen LogP contribution is 2.35. The van der Waals surface area contributed by atoms with Crippen molar-refractivity contribution in [1.29, 1.82) is 0 Å². The maximum absolute atomic E-state index is 13.4. The van der Waals surface area contributed by atoms with E-state index in [1.807, 2.05) is 30.3 Å². The van der Waals surface area contributed by atoms with Gasteiger partial charge in [-0.05, 0) is 31.2 Å². The molecule has 172 valence electrons. The lowest BCUT2D eigenvalue weighted by molar-refractivity contribution is -0.141. The molecular formula is C22H18ClF4N5O. The SMILES string of the molecule is Cc1c(Cl)c(C(F)(F)F)nn1CC(O)Nc1cnn(-c2ccc(F)cc2)c1-c1ccccc1. The summed E-state index contributed by atoms with van der Waals surface area (Å²) in [6, 6.07) is 14.9. The summed E-state index contributed by atoms with van der Waals surface area (Å²) in [5.74, 6) is -0.396. The van der Waals surface area contributed by atoms with Crippen molar-refractivity contribution in [3.63, 3.8) is 0 Å². The molecule has 0 amide bonds. The Morgan fingerprint density at radius 2 is 1.76 bits per heavy atom. The molecular weight excluding hydrogens is 462 g/mol. The van der Waals surface area contributed by atoms with E-state index >= 15 is 0 Å². The Kier molecular flexibility index (Phi) is 6.13. The standard InChI is InChI=1S/C22H18ClF4N5O/c1-13-19(23)21(22(25,26)27)30-31(13)12-18(33)29-17-11-28-32(16-9-7-15(24)8-10-16)20(17)14-5-3-2-4-6-14/h2-11,18,29,33H,12H2,1H3. The van der Waals surface area contributed by atoms with Crippen molar-refractivity contribution in [3.8, 4) is 16.9 Å². The molecule has 2 heterocycles. The Hall–Kier alpha value is -3.37. The normalized spacial score (nSPS) is 12.7. The Balaban J connectivity index is 1.65. The highest BCUT2D eigenvalue weighted by atomic mass is 35.5. The first kappa shape index (κ1) is 22.8. The third kappa shape index (κ3) is 4.71. The fourth-order valence-electron chi connectivity index (χ4n) is 3.38. The molecule has 2 N–H and O–H groups in total. The van der Waals surface area contributed by atoms with Gasteiger partial charge in [0.15, 0.2) is 5.69 Å². The van der Waals surface area contributed by atoms with Crippen LogP contribution in [0.1, 0.15) is 11.4 Å². The van der Waals surface area contributed by atoms with Gasteiger partial charge in [0, 0.05) is 5.56 Å². The minimum atomic E-state index is -4.71. The number of nitrogens with one attached hydrogen (secondary N) is 1. The molecule has 2 aromatic heterocycles. The topological polar surface area (TPSA) is 67.9 Å². The number of alkyl halides is 3. The van der Waals surface area contributed by atoms with Gasteiger partial charge in [0.2, 0.25) is 0 Å². The van der Waals surface area contributed by atoms with Crippen LogP contribution < -0.4 is 5.32 Å². The Morgan fingerprint density at radius 1 is 1.09 bits per heavy atom. The number of rotatable bonds is 6. The first-order valence-electron chi connectivity index (χ1n) is 9.79. The van der Waals surface area contributed by atoms with E-state index in [4.69, 9.17) is 11.6 Å². The number of benzene rings is 2. The minimum Gasteiger partial charge on any atom is -0.372 e. The Labute approximate surface area is 191 Å². The molecule has 0 aliphatic heterocycles. The summed E-state index contributed by atoms with van der Waals surface area (Å²) in [5, 5.41) is 20.8. The van der Waals surface area contributed by atoms with E-state index in [-0.39, 0.29) is 12.2 Å². The lowest BCUT2D eigenvalue weighted by Crippen LogP contribution is -2.26. The van der Waals surface area contributed by atoms with E-state index in [1.54, 1.807) is 16.8 Å². The molecule has 11 heteroatoms. The molecule has 1 atom stereocenters. The summed E-state index contributed by atoms with van der Waals surface area (Å²) in [5.41, 5.74) is 1.21. The highest BCUT2D eigenvalue weighted by molar-refractivity contribution is 6.31. The van der Waals surface area contributed by atoms with Crippen LogP contribution in [0.25, 0.3) is 16.9 Å². The van der Waals surface area contributed by atoms with E-state index in [0.717, 1.165) is 10.2 Å². The number of anilines is 1. The number of aliphatic hydroxyl groups is 1. The first-order valence-corrected chi connectivity index (χ1v) is 10.2. The van der Waals surface area contributed by atoms with E-state index in [9.17, 15) is 22.7 Å². The number of nitrogens with zero attached hydrogens (tertiary/aromatic N) is 4. The molecule has 0 saturated heterocycles. The predicted molar refractivity (Wildman–Crippen MR) is 116 cm³/mol. The van der Waals surface area contributed by atoms with Crippen molar-refractivity contribution in [2.24, 2.45) is 0 Å². The molecule has 0 bridgehead atoms. The van der Waals surface area contributed by atoms with E-state index < -0.39 is 28.9 Å². The highest BCUT2D eigenvalue weighted by Gasteiger charge is 2.38. The van der Waals surface area contributed by atoms with Gasteiger partial charge in [0.05, 0.1) is 40.5 Å². The van der Waals surface area contributed by atoms with Crippen LogP contribution in [0.15, 0.2) is 60.8 Å². The van der Waals surface area contributed by atoms with E-state index in [0.29, 0.717) is 17.1 Å². The number of aromatic nitrogens is 4. The van der Waals surface area contributed by atoms with Crippen molar-refractivity contribution in [1.82, 2.24) is 19.6 Å². The second kappa shape index (κ2) is 8.87. The monoisotopic (exact) mass is 479 g/mol. The van der Waals surface area contributed by atoms with Crippen LogP contribution >= 0.6 is 11.6 Å². The molecule has 0 saturated carbocycles. The lowest BCUT2D eigenvalue weighted by Gasteiger charge is -2.16. The average molecular weight is 480 g/mol. The zero-order valence-corrected chi connectivity index (χ0v) is 17.9. The third-order valence-electron chi connectivity index (χ3n) is 4.96. The van der Waals surface area contributed by atoms with Gasteiger partial charge in [-0.25, -0.2) is 9.07 Å². The van der Waals surface area contributed by atoms with Gasteiger partial charge < -0.3 is 10.4 Å². The zero-order chi connectivity index (χ0) is 23.8. The summed E-state index contributed by atoms with van der Waals surface area (Å²) in [6.45, 7) is 1.09. The zero-order valence-electron chi connectivity index (χ0n) is 17.2. The smallest absolute Gasteiger partial charge is 0.372 e. The average Bonchev–Trinajstić information content (AvgIpc) is 3.31. The number of aliphatic hydroxyl groups excluding tert-OH is 1. The molecule has 0 aliphatic carbocycles. The molecule has 1 unspecified atom stereocenters. The van der Waals surface area contributed by atoms with Gasteiger partial charge in [-0.15, -0.1) is 0 Å². The Morgan fingerprint density at radius 3 is 2.36 bits per heavy atom. The molecule has 0 aliphatic rings. The van der Waals surface area contributed by atoms with Crippen LogP contribution in [0.2, 0.25) is 5.02 Å². The van der Waals surface area contributed by atoms with Gasteiger partial charge in [0.25, 0.3) is 0 Å². The summed E-state index contributed by atoms with van der Waals surface area (Å²) in [7, 11) is 0. The number of halogens is 5. The van der Waals surface area contributed by atoms with Gasteiger partial charge in [-0.2, -0.15) is 23.4 Å². The van der Waals surface area contributed by atoms with Gasteiger partial charge in [-0.1, -0.05) is 41.9 Å². The first-order chi connectivity index (χ1) is 15.6. The van der Waals surface area contributed by atoms with Gasteiger partial charge in [-0.3, -0.25) is 4.68 Å². The third-order valence-corrected chi connectivity index (χ3v) is 5.41. The molecule has 6 nitrogen and oxygen atoms in total. The minimum absolute atomic E-state index is 0.0788. The fraction of sp³-hybridized carbons (Fsp3) is 0.182. The molecule has 4 rings (SSSR count). The summed E-state index contributed by atoms with van der Waals surface area (Å²) in [4.78, 5) is 0. The maximum atomic E-state index is 13.4. The van der Waals surface area contributed by atoms with Gasteiger partial charge in [0.1, 0.15) is 12.0 Å². The Bertz CT molecular complexity index is 1250. The number of hydrogen-bond donors (Lipinski definition) is 2. The van der Waals surface area contributed by atoms with Gasteiger partial charge >= 0.3 is 6.18 Å². The summed E-state index contributed by atoms with van der Waals surface area (Å²) >= 11 is 5.78. The molecule has 4 aromatic rings. The largest absolute Gasteiger partial charge is 0.436 e. The van der Waals surface area contributed by atoms with Crippen LogP contribution in [0, 0.1) is 12.7 Å². The van der Waals surface area contributed by atoms with Crippen molar-refractivity contribution in [3.05, 3.63) is 83.0 Å². The molecule has 33 heavy (non-hydrogen) atoms.